The summed E-state index contributed by atoms with van der Waals surface area (Å²) in [6.45, 7) is 3.47. The van der Waals surface area contributed by atoms with Gasteiger partial charge < -0.3 is 0 Å². The van der Waals surface area contributed by atoms with Crippen LogP contribution in [0.5, 0.6) is 0 Å². The summed E-state index contributed by atoms with van der Waals surface area (Å²) in [5, 5.41) is 7.85. The number of rotatable bonds is 4. The predicted octanol–water partition coefficient (Wildman–Crippen LogP) is 3.59. The zero-order valence-electron chi connectivity index (χ0n) is 14.1. The molecule has 0 radical (unpaired) electrons. The second-order valence-corrected chi connectivity index (χ2v) is 7.12. The fraction of sp³-hybridized carbons (Fsp3) is 0.111. The zero-order valence-corrected chi connectivity index (χ0v) is 17.3. The zero-order chi connectivity index (χ0) is 19.1. The number of hydrazone groups is 2. The van der Waals surface area contributed by atoms with Gasteiger partial charge in [0.2, 0.25) is 0 Å². The molecule has 0 saturated heterocycles. The van der Waals surface area contributed by atoms with Gasteiger partial charge in [0, 0.05) is 8.95 Å². The molecule has 0 atom stereocenters. The molecule has 0 unspecified atom stereocenters. The molecule has 2 amide bonds. The van der Waals surface area contributed by atoms with Crippen LogP contribution in [0.15, 0.2) is 67.7 Å². The first-order valence-electron chi connectivity index (χ1n) is 7.57. The van der Waals surface area contributed by atoms with Crippen molar-refractivity contribution in [2.24, 2.45) is 10.2 Å². The Kier molecular flexibility index (Phi) is 7.23. The van der Waals surface area contributed by atoms with Crippen molar-refractivity contribution in [3.05, 3.63) is 68.6 Å². The summed E-state index contributed by atoms with van der Waals surface area (Å²) in [6.07, 6.45) is 0. The molecule has 6 nitrogen and oxygen atoms in total. The standard InChI is InChI=1S/C18H16Br2N4O2/c1-11(13-3-7-15(19)8-4-13)21-23-17(25)18(26)24-22-12(2)14-5-9-16(20)10-6-14/h3-10H,1-2H3,(H,23,25)(H,24,26)/b21-11+,22-12+. The van der Waals surface area contributed by atoms with Gasteiger partial charge in [-0.2, -0.15) is 10.2 Å². The average Bonchev–Trinajstić information content (AvgIpc) is 2.64. The molecule has 8 heteroatoms. The topological polar surface area (TPSA) is 82.9 Å². The van der Waals surface area contributed by atoms with E-state index in [1.807, 2.05) is 48.5 Å². The Morgan fingerprint density at radius 3 is 1.31 bits per heavy atom. The van der Waals surface area contributed by atoms with Gasteiger partial charge in [-0.05, 0) is 49.2 Å². The maximum Gasteiger partial charge on any atom is 0.331 e. The third kappa shape index (κ3) is 5.89. The molecule has 26 heavy (non-hydrogen) atoms. The van der Waals surface area contributed by atoms with Crippen molar-refractivity contribution in [1.29, 1.82) is 0 Å². The van der Waals surface area contributed by atoms with Crippen molar-refractivity contribution in [2.45, 2.75) is 13.8 Å². The number of nitrogens with one attached hydrogen (secondary N) is 2. The van der Waals surface area contributed by atoms with Crippen LogP contribution >= 0.6 is 31.9 Å². The van der Waals surface area contributed by atoms with Crippen molar-refractivity contribution in [3.8, 4) is 0 Å². The van der Waals surface area contributed by atoms with Gasteiger partial charge in [-0.25, -0.2) is 10.9 Å². The minimum Gasteiger partial charge on any atom is -0.262 e. The lowest BCUT2D eigenvalue weighted by Gasteiger charge is -2.04. The number of nitrogens with zero attached hydrogens (tertiary/aromatic N) is 2. The molecule has 0 spiro atoms. The van der Waals surface area contributed by atoms with Crippen LogP contribution < -0.4 is 10.9 Å². The Bertz CT molecular complexity index is 786. The first kappa shape index (κ1) is 20.0. The monoisotopic (exact) mass is 478 g/mol. The summed E-state index contributed by atoms with van der Waals surface area (Å²) in [5.41, 5.74) is 7.25. The number of benzene rings is 2. The Morgan fingerprint density at radius 2 is 1.00 bits per heavy atom. The molecule has 0 aliphatic heterocycles. The number of hydrogen-bond acceptors (Lipinski definition) is 4. The van der Waals surface area contributed by atoms with Crippen LogP contribution in [0.25, 0.3) is 0 Å². The Morgan fingerprint density at radius 1 is 0.692 bits per heavy atom. The van der Waals surface area contributed by atoms with Crippen LogP contribution in [-0.2, 0) is 9.59 Å². The van der Waals surface area contributed by atoms with E-state index in [-0.39, 0.29) is 0 Å². The Labute approximate surface area is 168 Å². The summed E-state index contributed by atoms with van der Waals surface area (Å²) in [7, 11) is 0. The lowest BCUT2D eigenvalue weighted by molar-refractivity contribution is -0.139. The van der Waals surface area contributed by atoms with Crippen molar-refractivity contribution in [3.63, 3.8) is 0 Å². The molecular formula is C18H16Br2N4O2. The smallest absolute Gasteiger partial charge is 0.262 e. The van der Waals surface area contributed by atoms with Gasteiger partial charge in [0.05, 0.1) is 11.4 Å². The Hall–Kier alpha value is -2.32. The molecule has 2 aromatic carbocycles. The highest BCUT2D eigenvalue weighted by atomic mass is 79.9. The molecule has 0 fully saturated rings. The molecule has 2 rings (SSSR count). The van der Waals surface area contributed by atoms with E-state index in [0.717, 1.165) is 20.1 Å². The largest absolute Gasteiger partial charge is 0.331 e. The molecule has 134 valence electrons. The molecule has 2 N–H and O–H groups in total. The van der Waals surface area contributed by atoms with E-state index >= 15 is 0 Å². The fourth-order valence-electron chi connectivity index (χ4n) is 1.88. The van der Waals surface area contributed by atoms with Crippen LogP contribution in [0, 0.1) is 0 Å². The number of carbonyl (C=O) groups excluding carboxylic acids is 2. The van der Waals surface area contributed by atoms with Crippen molar-refractivity contribution in [2.75, 3.05) is 0 Å². The summed E-state index contributed by atoms with van der Waals surface area (Å²) >= 11 is 6.70. The van der Waals surface area contributed by atoms with E-state index in [2.05, 4.69) is 52.9 Å². The quantitative estimate of drug-likeness (QED) is 0.399. The predicted molar refractivity (Wildman–Crippen MR) is 109 cm³/mol. The molecule has 0 heterocycles. The minimum atomic E-state index is -0.895. The lowest BCUT2D eigenvalue weighted by Crippen LogP contribution is -2.36. The maximum absolute atomic E-state index is 11.8. The van der Waals surface area contributed by atoms with Crippen molar-refractivity contribution >= 4 is 55.1 Å². The Balaban J connectivity index is 1.93. The highest BCUT2D eigenvalue weighted by Gasteiger charge is 2.12. The average molecular weight is 480 g/mol. The van der Waals surface area contributed by atoms with Crippen LogP contribution in [0.2, 0.25) is 0 Å². The van der Waals surface area contributed by atoms with Gasteiger partial charge >= 0.3 is 11.8 Å². The maximum atomic E-state index is 11.8. The van der Waals surface area contributed by atoms with Crippen LogP contribution in [0.4, 0.5) is 0 Å². The second kappa shape index (κ2) is 9.40. The van der Waals surface area contributed by atoms with E-state index in [0.29, 0.717) is 11.4 Å². The van der Waals surface area contributed by atoms with Crippen LogP contribution in [-0.4, -0.2) is 23.2 Å². The number of halogens is 2. The van der Waals surface area contributed by atoms with E-state index in [9.17, 15) is 9.59 Å². The second-order valence-electron chi connectivity index (χ2n) is 5.29. The van der Waals surface area contributed by atoms with Gasteiger partial charge in [-0.1, -0.05) is 56.1 Å². The third-order valence-corrected chi connectivity index (χ3v) is 4.44. The number of carbonyl (C=O) groups is 2. The van der Waals surface area contributed by atoms with Crippen LogP contribution in [0.3, 0.4) is 0 Å². The van der Waals surface area contributed by atoms with Gasteiger partial charge in [0.15, 0.2) is 0 Å². The van der Waals surface area contributed by atoms with Crippen molar-refractivity contribution < 1.29 is 9.59 Å². The molecular weight excluding hydrogens is 464 g/mol. The van der Waals surface area contributed by atoms with Crippen LogP contribution in [0.1, 0.15) is 25.0 Å². The summed E-state index contributed by atoms with van der Waals surface area (Å²) in [6, 6.07) is 14.8. The normalized spacial score (nSPS) is 11.8. The van der Waals surface area contributed by atoms with Gasteiger partial charge in [0.25, 0.3) is 0 Å². The fourth-order valence-corrected chi connectivity index (χ4v) is 2.41. The number of hydrogen-bond donors (Lipinski definition) is 2. The lowest BCUT2D eigenvalue weighted by atomic mass is 10.1. The van der Waals surface area contributed by atoms with Crippen molar-refractivity contribution in [1.82, 2.24) is 10.9 Å². The first-order valence-corrected chi connectivity index (χ1v) is 9.16. The van der Waals surface area contributed by atoms with Gasteiger partial charge in [0.1, 0.15) is 0 Å². The van der Waals surface area contributed by atoms with Gasteiger partial charge in [-0.15, -0.1) is 0 Å². The first-order chi connectivity index (χ1) is 12.4. The molecule has 0 saturated carbocycles. The van der Waals surface area contributed by atoms with E-state index in [1.165, 1.54) is 0 Å². The molecule has 0 aromatic heterocycles. The van der Waals surface area contributed by atoms with E-state index in [4.69, 9.17) is 0 Å². The number of amides is 2. The summed E-state index contributed by atoms with van der Waals surface area (Å²) in [4.78, 5) is 23.6. The minimum absolute atomic E-state index is 0.577. The van der Waals surface area contributed by atoms with Gasteiger partial charge in [-0.3, -0.25) is 9.59 Å². The molecule has 0 bridgehead atoms. The third-order valence-electron chi connectivity index (χ3n) is 3.38. The highest BCUT2D eigenvalue weighted by molar-refractivity contribution is 9.10. The molecule has 2 aromatic rings. The molecule has 0 aliphatic rings. The van der Waals surface area contributed by atoms with E-state index < -0.39 is 11.8 Å². The summed E-state index contributed by atoms with van der Waals surface area (Å²) in [5.74, 6) is -1.79. The summed E-state index contributed by atoms with van der Waals surface area (Å²) < 4.78 is 1.88. The SMILES string of the molecule is C/C(=N\NC(=O)C(=O)N/N=C(\C)c1ccc(Br)cc1)c1ccc(Br)cc1. The molecule has 0 aliphatic carbocycles. The van der Waals surface area contributed by atoms with E-state index in [1.54, 1.807) is 13.8 Å². The highest BCUT2D eigenvalue weighted by Crippen LogP contribution is 2.11.